The van der Waals surface area contributed by atoms with Gasteiger partial charge < -0.3 is 20.4 Å². The number of carbonyl (C=O) groups is 1. The number of piperidine rings is 1. The van der Waals surface area contributed by atoms with Crippen molar-refractivity contribution in [1.29, 1.82) is 0 Å². The molecule has 0 bridgehead atoms. The molecule has 0 radical (unpaired) electrons. The first kappa shape index (κ1) is 22.1. The Morgan fingerprint density at radius 1 is 1.03 bits per heavy atom. The number of amides is 1. The molecule has 2 heterocycles. The minimum Gasteiger partial charge on any atom is -0.356 e. The summed E-state index contributed by atoms with van der Waals surface area (Å²) < 4.78 is 0. The number of likely N-dealkylation sites (tertiary alicyclic amines) is 1. The van der Waals surface area contributed by atoms with Gasteiger partial charge in [-0.05, 0) is 43.2 Å². The number of aliphatic imine (C=N–C) groups is 1. The van der Waals surface area contributed by atoms with E-state index in [0.29, 0.717) is 12.5 Å². The van der Waals surface area contributed by atoms with Gasteiger partial charge in [-0.3, -0.25) is 9.79 Å². The molecule has 1 aromatic rings. The third-order valence-electron chi connectivity index (χ3n) is 7.24. The summed E-state index contributed by atoms with van der Waals surface area (Å²) in [5, 5.41) is 7.01. The summed E-state index contributed by atoms with van der Waals surface area (Å²) in [6.07, 6.45) is 10.8. The lowest BCUT2D eigenvalue weighted by molar-refractivity contribution is -0.131. The van der Waals surface area contributed by atoms with Gasteiger partial charge in [0, 0.05) is 58.3 Å². The number of fused-ring (bicyclic) bond motifs is 1. The molecule has 6 nitrogen and oxygen atoms in total. The Kier molecular flexibility index (Phi) is 7.84. The van der Waals surface area contributed by atoms with Crippen molar-refractivity contribution < 1.29 is 4.79 Å². The van der Waals surface area contributed by atoms with Crippen molar-refractivity contribution in [2.45, 2.75) is 83.0 Å². The van der Waals surface area contributed by atoms with Crippen LogP contribution in [0.15, 0.2) is 29.3 Å². The van der Waals surface area contributed by atoms with Crippen molar-refractivity contribution in [2.24, 2.45) is 4.99 Å². The monoisotopic (exact) mass is 425 g/mol. The van der Waals surface area contributed by atoms with Crippen molar-refractivity contribution >= 4 is 11.9 Å². The second-order valence-electron chi connectivity index (χ2n) is 9.37. The molecule has 170 valence electrons. The van der Waals surface area contributed by atoms with Crippen LogP contribution in [0.25, 0.3) is 0 Å². The third kappa shape index (κ3) is 6.00. The predicted molar refractivity (Wildman–Crippen MR) is 126 cm³/mol. The van der Waals surface area contributed by atoms with Crippen LogP contribution < -0.4 is 10.6 Å². The summed E-state index contributed by atoms with van der Waals surface area (Å²) in [5.41, 5.74) is 2.57. The Balaban J connectivity index is 1.11. The number of nitrogens with one attached hydrogen (secondary N) is 2. The lowest BCUT2D eigenvalue weighted by Gasteiger charge is -2.39. The van der Waals surface area contributed by atoms with Crippen LogP contribution in [0.3, 0.4) is 0 Å². The van der Waals surface area contributed by atoms with E-state index in [4.69, 9.17) is 0 Å². The number of rotatable bonds is 6. The van der Waals surface area contributed by atoms with Crippen molar-refractivity contribution in [3.05, 3.63) is 35.4 Å². The van der Waals surface area contributed by atoms with Gasteiger partial charge in [-0.2, -0.15) is 0 Å². The zero-order valence-electron chi connectivity index (χ0n) is 19.1. The molecule has 1 aromatic carbocycles. The summed E-state index contributed by atoms with van der Waals surface area (Å²) in [6, 6.07) is 9.67. The Morgan fingerprint density at radius 3 is 2.35 bits per heavy atom. The van der Waals surface area contributed by atoms with Gasteiger partial charge in [0.1, 0.15) is 0 Å². The van der Waals surface area contributed by atoms with Gasteiger partial charge in [0.2, 0.25) is 5.91 Å². The van der Waals surface area contributed by atoms with E-state index in [0.717, 1.165) is 38.1 Å². The Morgan fingerprint density at radius 2 is 1.71 bits per heavy atom. The summed E-state index contributed by atoms with van der Waals surface area (Å²) in [7, 11) is 1.83. The molecule has 2 fully saturated rings. The number of hydrogen-bond acceptors (Lipinski definition) is 3. The molecule has 2 aliphatic heterocycles. The molecule has 4 rings (SSSR count). The van der Waals surface area contributed by atoms with Gasteiger partial charge in [-0.1, -0.05) is 43.5 Å². The number of carbonyl (C=O) groups excluding carboxylic acids is 1. The average Bonchev–Trinajstić information content (AvgIpc) is 3.26. The molecular formula is C25H39N5O. The van der Waals surface area contributed by atoms with Gasteiger partial charge in [-0.25, -0.2) is 0 Å². The van der Waals surface area contributed by atoms with Crippen LogP contribution in [-0.2, 0) is 17.9 Å². The van der Waals surface area contributed by atoms with Crippen molar-refractivity contribution in [1.82, 2.24) is 20.4 Å². The Hall–Kier alpha value is -2.08. The van der Waals surface area contributed by atoms with Crippen LogP contribution in [0.1, 0.15) is 68.9 Å². The zero-order chi connectivity index (χ0) is 21.5. The van der Waals surface area contributed by atoms with Gasteiger partial charge in [0.25, 0.3) is 0 Å². The summed E-state index contributed by atoms with van der Waals surface area (Å²) in [5.74, 6) is 1.12. The lowest BCUT2D eigenvalue weighted by atomic mass is 9.92. The molecule has 0 spiro atoms. The van der Waals surface area contributed by atoms with E-state index >= 15 is 0 Å². The Bertz CT molecular complexity index is 725. The van der Waals surface area contributed by atoms with Gasteiger partial charge in [0.15, 0.2) is 5.96 Å². The van der Waals surface area contributed by atoms with E-state index in [1.807, 2.05) is 11.9 Å². The van der Waals surface area contributed by atoms with Crippen molar-refractivity contribution in [3.8, 4) is 0 Å². The minimum absolute atomic E-state index is 0.246. The molecule has 3 aliphatic rings. The maximum Gasteiger partial charge on any atom is 0.223 e. The molecule has 1 amide bonds. The summed E-state index contributed by atoms with van der Waals surface area (Å²) >= 11 is 0. The molecule has 0 unspecified atom stereocenters. The van der Waals surface area contributed by atoms with Crippen LogP contribution in [0, 0.1) is 0 Å². The second kappa shape index (κ2) is 11.0. The molecule has 1 saturated heterocycles. The van der Waals surface area contributed by atoms with Crippen LogP contribution in [0.4, 0.5) is 0 Å². The van der Waals surface area contributed by atoms with E-state index in [2.05, 4.69) is 44.8 Å². The van der Waals surface area contributed by atoms with Crippen LogP contribution >= 0.6 is 0 Å². The first-order valence-corrected chi connectivity index (χ1v) is 12.3. The number of nitrogens with zero attached hydrogens (tertiary/aromatic N) is 3. The first-order chi connectivity index (χ1) is 15.2. The Labute approximate surface area is 187 Å². The molecule has 31 heavy (non-hydrogen) atoms. The zero-order valence-corrected chi connectivity index (χ0v) is 19.1. The highest BCUT2D eigenvalue weighted by Gasteiger charge is 2.26. The van der Waals surface area contributed by atoms with E-state index in [1.165, 1.54) is 69.2 Å². The van der Waals surface area contributed by atoms with Crippen LogP contribution in [0.2, 0.25) is 0 Å². The minimum atomic E-state index is 0.246. The average molecular weight is 426 g/mol. The number of guanidine groups is 1. The van der Waals surface area contributed by atoms with Crippen LogP contribution in [0.5, 0.6) is 0 Å². The fourth-order valence-corrected chi connectivity index (χ4v) is 5.36. The van der Waals surface area contributed by atoms with Crippen LogP contribution in [-0.4, -0.2) is 60.4 Å². The SMILES string of the molecule is CN=C(NCCCC(=O)N1Cc2ccccc2C1)NC1CCN(C2CCCCC2)CC1. The second-order valence-corrected chi connectivity index (χ2v) is 9.37. The predicted octanol–water partition coefficient (Wildman–Crippen LogP) is 3.27. The van der Waals surface area contributed by atoms with Gasteiger partial charge in [0.05, 0.1) is 0 Å². The fraction of sp³-hybridized carbons (Fsp3) is 0.680. The number of hydrogen-bond donors (Lipinski definition) is 2. The molecule has 1 saturated carbocycles. The molecule has 0 aromatic heterocycles. The molecular weight excluding hydrogens is 386 g/mol. The first-order valence-electron chi connectivity index (χ1n) is 12.3. The van der Waals surface area contributed by atoms with Crippen molar-refractivity contribution in [2.75, 3.05) is 26.7 Å². The number of benzene rings is 1. The van der Waals surface area contributed by atoms with E-state index < -0.39 is 0 Å². The highest BCUT2D eigenvalue weighted by molar-refractivity contribution is 5.80. The third-order valence-corrected chi connectivity index (χ3v) is 7.24. The van der Waals surface area contributed by atoms with Gasteiger partial charge in [-0.15, -0.1) is 0 Å². The largest absolute Gasteiger partial charge is 0.356 e. The fourth-order valence-electron chi connectivity index (χ4n) is 5.36. The topological polar surface area (TPSA) is 60.0 Å². The van der Waals surface area contributed by atoms with Gasteiger partial charge >= 0.3 is 0 Å². The standard InChI is InChI=1S/C25H39N5O/c1-26-25(28-22-13-16-29(17-14-22)23-10-3-2-4-11-23)27-15-7-12-24(31)30-18-20-8-5-6-9-21(20)19-30/h5-6,8-9,22-23H,2-4,7,10-19H2,1H3,(H2,26,27,28). The van der Waals surface area contributed by atoms with E-state index in [9.17, 15) is 4.79 Å². The lowest BCUT2D eigenvalue weighted by Crippen LogP contribution is -2.51. The highest BCUT2D eigenvalue weighted by Crippen LogP contribution is 2.25. The molecule has 1 aliphatic carbocycles. The maximum atomic E-state index is 12.6. The van der Waals surface area contributed by atoms with E-state index in [1.54, 1.807) is 0 Å². The van der Waals surface area contributed by atoms with Crippen molar-refractivity contribution in [3.63, 3.8) is 0 Å². The molecule has 6 heteroatoms. The quantitative estimate of drug-likeness (QED) is 0.417. The smallest absolute Gasteiger partial charge is 0.223 e. The maximum absolute atomic E-state index is 12.6. The van der Waals surface area contributed by atoms with E-state index in [-0.39, 0.29) is 5.91 Å². The molecule has 0 atom stereocenters. The summed E-state index contributed by atoms with van der Waals surface area (Å²) in [6.45, 7) is 4.68. The highest BCUT2D eigenvalue weighted by atomic mass is 16.2. The summed E-state index contributed by atoms with van der Waals surface area (Å²) in [4.78, 5) is 21.6. The normalized spacial score (nSPS) is 21.2. The molecule has 2 N–H and O–H groups in total.